The number of amides is 1. The molecule has 1 amide bonds. The zero-order valence-electron chi connectivity index (χ0n) is 13.2. The van der Waals surface area contributed by atoms with Crippen molar-refractivity contribution in [1.29, 1.82) is 0 Å². The van der Waals surface area contributed by atoms with Crippen molar-refractivity contribution in [3.05, 3.63) is 47.7 Å². The Morgan fingerprint density at radius 3 is 2.61 bits per heavy atom. The van der Waals surface area contributed by atoms with Crippen molar-refractivity contribution in [3.63, 3.8) is 0 Å². The lowest BCUT2D eigenvalue weighted by atomic mass is 9.87. The SMILES string of the molecule is C=C1NC(=S)N[C@H](c2ccc(C)cc2)[C@@H]1C(=O)N1CCOCC1. The van der Waals surface area contributed by atoms with Gasteiger partial charge in [-0.3, -0.25) is 4.79 Å². The molecule has 0 bridgehead atoms. The van der Waals surface area contributed by atoms with Crippen LogP contribution in [0.4, 0.5) is 0 Å². The Morgan fingerprint density at radius 1 is 1.30 bits per heavy atom. The minimum atomic E-state index is -0.387. The van der Waals surface area contributed by atoms with Crippen molar-refractivity contribution in [1.82, 2.24) is 15.5 Å². The predicted octanol–water partition coefficient (Wildman–Crippen LogP) is 1.50. The quantitative estimate of drug-likeness (QED) is 0.805. The van der Waals surface area contributed by atoms with Gasteiger partial charge in [0.15, 0.2) is 5.11 Å². The first-order chi connectivity index (χ1) is 11.1. The van der Waals surface area contributed by atoms with Crippen LogP contribution in [0.5, 0.6) is 0 Å². The summed E-state index contributed by atoms with van der Waals surface area (Å²) >= 11 is 5.25. The summed E-state index contributed by atoms with van der Waals surface area (Å²) in [4.78, 5) is 14.9. The lowest BCUT2D eigenvalue weighted by molar-refractivity contribution is -0.139. The summed E-state index contributed by atoms with van der Waals surface area (Å²) in [7, 11) is 0. The molecule has 23 heavy (non-hydrogen) atoms. The molecule has 3 rings (SSSR count). The van der Waals surface area contributed by atoms with Gasteiger partial charge in [0.25, 0.3) is 0 Å². The van der Waals surface area contributed by atoms with Crippen molar-refractivity contribution in [2.45, 2.75) is 13.0 Å². The third kappa shape index (κ3) is 3.38. The maximum absolute atomic E-state index is 13.0. The number of aryl methyl sites for hydroxylation is 1. The van der Waals surface area contributed by atoms with Gasteiger partial charge in [0.1, 0.15) is 5.92 Å². The first-order valence-electron chi connectivity index (χ1n) is 7.75. The molecule has 0 aliphatic carbocycles. The van der Waals surface area contributed by atoms with Crippen LogP contribution in [-0.4, -0.2) is 42.2 Å². The molecule has 2 atom stereocenters. The van der Waals surface area contributed by atoms with Crippen LogP contribution < -0.4 is 10.6 Å². The summed E-state index contributed by atoms with van der Waals surface area (Å²) in [5.74, 6) is -0.325. The van der Waals surface area contributed by atoms with Gasteiger partial charge in [0.2, 0.25) is 5.91 Å². The molecule has 2 N–H and O–H groups in total. The topological polar surface area (TPSA) is 53.6 Å². The number of nitrogens with zero attached hydrogens (tertiary/aromatic N) is 1. The largest absolute Gasteiger partial charge is 0.378 e. The second-order valence-corrected chi connectivity index (χ2v) is 6.34. The average molecular weight is 331 g/mol. The van der Waals surface area contributed by atoms with E-state index in [-0.39, 0.29) is 17.9 Å². The van der Waals surface area contributed by atoms with E-state index in [2.05, 4.69) is 17.2 Å². The van der Waals surface area contributed by atoms with Crippen molar-refractivity contribution in [3.8, 4) is 0 Å². The number of morpholine rings is 1. The van der Waals surface area contributed by atoms with Crippen LogP contribution in [0.1, 0.15) is 17.2 Å². The van der Waals surface area contributed by atoms with Gasteiger partial charge in [-0.2, -0.15) is 0 Å². The maximum Gasteiger partial charge on any atom is 0.234 e. The van der Waals surface area contributed by atoms with Crippen LogP contribution in [0.2, 0.25) is 0 Å². The van der Waals surface area contributed by atoms with Crippen molar-refractivity contribution in [2.24, 2.45) is 5.92 Å². The number of rotatable bonds is 2. The van der Waals surface area contributed by atoms with Crippen molar-refractivity contribution >= 4 is 23.2 Å². The normalized spacial score (nSPS) is 24.8. The molecule has 2 fully saturated rings. The molecule has 2 saturated heterocycles. The first-order valence-corrected chi connectivity index (χ1v) is 8.16. The molecule has 0 spiro atoms. The van der Waals surface area contributed by atoms with E-state index in [9.17, 15) is 4.79 Å². The van der Waals surface area contributed by atoms with Crippen LogP contribution in [0.3, 0.4) is 0 Å². The molecule has 1 aromatic rings. The molecule has 122 valence electrons. The van der Waals surface area contributed by atoms with Crippen molar-refractivity contribution < 1.29 is 9.53 Å². The summed E-state index contributed by atoms with van der Waals surface area (Å²) in [5, 5.41) is 6.75. The van der Waals surface area contributed by atoms with Crippen LogP contribution in [0, 0.1) is 12.8 Å². The van der Waals surface area contributed by atoms with Gasteiger partial charge in [0.05, 0.1) is 19.3 Å². The maximum atomic E-state index is 13.0. The number of benzene rings is 1. The number of carbonyl (C=O) groups excluding carboxylic acids is 1. The third-order valence-corrected chi connectivity index (χ3v) is 4.51. The Labute approximate surface area is 141 Å². The molecule has 0 saturated carbocycles. The average Bonchev–Trinajstić information content (AvgIpc) is 2.55. The summed E-state index contributed by atoms with van der Waals surface area (Å²) in [5.41, 5.74) is 2.86. The minimum Gasteiger partial charge on any atom is -0.378 e. The number of nitrogens with one attached hydrogen (secondary N) is 2. The second-order valence-electron chi connectivity index (χ2n) is 5.93. The van der Waals surface area contributed by atoms with Crippen LogP contribution in [0.15, 0.2) is 36.5 Å². The Bertz CT molecular complexity index is 623. The summed E-state index contributed by atoms with van der Waals surface area (Å²) in [6, 6.07) is 7.95. The molecule has 1 aromatic carbocycles. The highest BCUT2D eigenvalue weighted by Crippen LogP contribution is 2.31. The lowest BCUT2D eigenvalue weighted by Crippen LogP contribution is -2.55. The Morgan fingerprint density at radius 2 is 1.96 bits per heavy atom. The highest BCUT2D eigenvalue weighted by Gasteiger charge is 2.39. The van der Waals surface area contributed by atoms with Gasteiger partial charge in [-0.1, -0.05) is 36.4 Å². The number of hydrogen-bond acceptors (Lipinski definition) is 3. The molecular weight excluding hydrogens is 310 g/mol. The fourth-order valence-corrected chi connectivity index (χ4v) is 3.27. The molecule has 5 nitrogen and oxygen atoms in total. The minimum absolute atomic E-state index is 0.0615. The van der Waals surface area contributed by atoms with Gasteiger partial charge >= 0.3 is 0 Å². The van der Waals surface area contributed by atoms with E-state index >= 15 is 0 Å². The van der Waals surface area contributed by atoms with Gasteiger partial charge in [-0.05, 0) is 24.7 Å². The van der Waals surface area contributed by atoms with Crippen LogP contribution in [0.25, 0.3) is 0 Å². The Hall–Kier alpha value is -1.92. The van der Waals surface area contributed by atoms with Crippen LogP contribution >= 0.6 is 12.2 Å². The predicted molar refractivity (Wildman–Crippen MR) is 92.8 cm³/mol. The summed E-state index contributed by atoms with van der Waals surface area (Å²) < 4.78 is 5.34. The summed E-state index contributed by atoms with van der Waals surface area (Å²) in [6.45, 7) is 8.48. The number of carbonyl (C=O) groups is 1. The highest BCUT2D eigenvalue weighted by molar-refractivity contribution is 7.80. The van der Waals surface area contributed by atoms with E-state index in [0.29, 0.717) is 37.1 Å². The Balaban J connectivity index is 1.89. The van der Waals surface area contributed by atoms with E-state index in [4.69, 9.17) is 17.0 Å². The van der Waals surface area contributed by atoms with E-state index in [1.54, 1.807) is 0 Å². The highest BCUT2D eigenvalue weighted by atomic mass is 32.1. The van der Waals surface area contributed by atoms with Gasteiger partial charge in [0, 0.05) is 18.8 Å². The van der Waals surface area contributed by atoms with Gasteiger partial charge in [-0.25, -0.2) is 0 Å². The van der Waals surface area contributed by atoms with Crippen LogP contribution in [-0.2, 0) is 9.53 Å². The zero-order valence-corrected chi connectivity index (χ0v) is 14.0. The fourth-order valence-electron chi connectivity index (χ4n) is 3.01. The smallest absolute Gasteiger partial charge is 0.234 e. The first kappa shape index (κ1) is 16.0. The van der Waals surface area contributed by atoms with Gasteiger partial charge < -0.3 is 20.3 Å². The molecule has 6 heteroatoms. The molecule has 0 aromatic heterocycles. The third-order valence-electron chi connectivity index (χ3n) is 4.29. The van der Waals surface area contributed by atoms with E-state index < -0.39 is 0 Å². The molecule has 2 aliphatic heterocycles. The number of thiocarbonyl (C=S) groups is 1. The lowest BCUT2D eigenvalue weighted by Gasteiger charge is -2.39. The number of ether oxygens (including phenoxy) is 1. The molecule has 0 radical (unpaired) electrons. The van der Waals surface area contributed by atoms with E-state index in [1.807, 2.05) is 36.1 Å². The Kier molecular flexibility index (Phi) is 4.63. The van der Waals surface area contributed by atoms with Crippen molar-refractivity contribution in [2.75, 3.05) is 26.3 Å². The fraction of sp³-hybridized carbons (Fsp3) is 0.412. The zero-order chi connectivity index (χ0) is 16.4. The molecule has 0 unspecified atom stereocenters. The molecule has 2 heterocycles. The molecular formula is C17H21N3O2S. The standard InChI is InChI=1S/C17H21N3O2S/c1-11-3-5-13(6-4-11)15-14(12(2)18-17(23)19-15)16(21)20-7-9-22-10-8-20/h3-6,14-15H,2,7-10H2,1H3,(H2,18,19,23)/t14-,15-/m1/s1. The summed E-state index contributed by atoms with van der Waals surface area (Å²) in [6.07, 6.45) is 0. The van der Waals surface area contributed by atoms with E-state index in [0.717, 1.165) is 5.56 Å². The monoisotopic (exact) mass is 331 g/mol. The number of hydrogen-bond donors (Lipinski definition) is 2. The van der Waals surface area contributed by atoms with E-state index in [1.165, 1.54) is 5.56 Å². The van der Waals surface area contributed by atoms with Gasteiger partial charge in [-0.15, -0.1) is 0 Å². The molecule has 2 aliphatic rings. The second kappa shape index (κ2) is 6.68.